The van der Waals surface area contributed by atoms with Gasteiger partial charge in [0.25, 0.3) is 5.91 Å². The van der Waals surface area contributed by atoms with Gasteiger partial charge in [-0.1, -0.05) is 28.1 Å². The van der Waals surface area contributed by atoms with Crippen LogP contribution >= 0.6 is 15.9 Å². The van der Waals surface area contributed by atoms with E-state index in [4.69, 9.17) is 4.74 Å². The Labute approximate surface area is 110 Å². The van der Waals surface area contributed by atoms with Crippen LogP contribution in [0, 0.1) is 0 Å². The largest absolute Gasteiger partial charge is 0.379 e. The minimum atomic E-state index is -0.217. The molecule has 1 amide bonds. The van der Waals surface area contributed by atoms with Crippen molar-refractivity contribution >= 4 is 21.8 Å². The van der Waals surface area contributed by atoms with Crippen LogP contribution in [-0.2, 0) is 10.1 Å². The molecular formula is C13H16BrNO2. The highest BCUT2D eigenvalue weighted by Crippen LogP contribution is 2.18. The molecule has 1 saturated heterocycles. The second-order valence-electron chi connectivity index (χ2n) is 4.65. The molecule has 92 valence electrons. The first-order valence-corrected chi connectivity index (χ1v) is 6.80. The van der Waals surface area contributed by atoms with E-state index in [2.05, 4.69) is 21.2 Å². The zero-order valence-electron chi connectivity index (χ0n) is 9.83. The third kappa shape index (κ3) is 3.07. The third-order valence-corrected chi connectivity index (χ3v) is 3.65. The summed E-state index contributed by atoms with van der Waals surface area (Å²) in [6.45, 7) is 3.34. The van der Waals surface area contributed by atoms with Crippen LogP contribution in [0.4, 0.5) is 0 Å². The van der Waals surface area contributed by atoms with Gasteiger partial charge in [-0.2, -0.15) is 0 Å². The molecule has 1 aliphatic rings. The van der Waals surface area contributed by atoms with Gasteiger partial charge in [0.05, 0.1) is 12.1 Å². The van der Waals surface area contributed by atoms with Crippen molar-refractivity contribution < 1.29 is 9.53 Å². The van der Waals surface area contributed by atoms with Crippen molar-refractivity contribution in [2.45, 2.75) is 24.2 Å². The number of halogens is 1. The van der Waals surface area contributed by atoms with Crippen LogP contribution in [0.25, 0.3) is 0 Å². The van der Waals surface area contributed by atoms with Gasteiger partial charge in [0.1, 0.15) is 0 Å². The highest BCUT2D eigenvalue weighted by atomic mass is 79.9. The fourth-order valence-electron chi connectivity index (χ4n) is 1.86. The Morgan fingerprint density at radius 2 is 2.18 bits per heavy atom. The van der Waals surface area contributed by atoms with Crippen LogP contribution in [0.2, 0.25) is 0 Å². The van der Waals surface area contributed by atoms with Gasteiger partial charge in [-0.25, -0.2) is 0 Å². The molecular weight excluding hydrogens is 282 g/mol. The first-order valence-electron chi connectivity index (χ1n) is 5.68. The average molecular weight is 298 g/mol. The van der Waals surface area contributed by atoms with E-state index in [0.717, 1.165) is 23.9 Å². The number of carbonyl (C=O) groups excluding carboxylic acids is 1. The molecule has 17 heavy (non-hydrogen) atoms. The maximum absolute atomic E-state index is 12.0. The van der Waals surface area contributed by atoms with Crippen molar-refractivity contribution in [3.05, 3.63) is 35.4 Å². The van der Waals surface area contributed by atoms with Crippen LogP contribution in [-0.4, -0.2) is 24.7 Å². The summed E-state index contributed by atoms with van der Waals surface area (Å²) < 4.78 is 5.31. The Morgan fingerprint density at radius 3 is 2.71 bits per heavy atom. The maximum atomic E-state index is 12.0. The van der Waals surface area contributed by atoms with Gasteiger partial charge < -0.3 is 10.1 Å². The van der Waals surface area contributed by atoms with Crippen molar-refractivity contribution in [3.8, 4) is 0 Å². The minimum absolute atomic E-state index is 0.0286. The molecule has 1 atom stereocenters. The number of alkyl halides is 1. The Hall–Kier alpha value is -0.870. The molecule has 1 aromatic rings. The topological polar surface area (TPSA) is 38.3 Å². The van der Waals surface area contributed by atoms with Gasteiger partial charge in [0.2, 0.25) is 0 Å². The summed E-state index contributed by atoms with van der Waals surface area (Å²) in [5, 5.41) is 3.84. The molecule has 3 nitrogen and oxygen atoms in total. The Bertz CT molecular complexity index is 396. The van der Waals surface area contributed by atoms with Crippen molar-refractivity contribution in [2.75, 3.05) is 13.2 Å². The number of rotatable bonds is 3. The van der Waals surface area contributed by atoms with Gasteiger partial charge in [-0.05, 0) is 31.0 Å². The third-order valence-electron chi connectivity index (χ3n) is 3.00. The molecule has 0 aromatic heterocycles. The van der Waals surface area contributed by atoms with Gasteiger partial charge in [-0.15, -0.1) is 0 Å². The Balaban J connectivity index is 2.03. The number of ether oxygens (including phenoxy) is 1. The molecule has 0 spiro atoms. The lowest BCUT2D eigenvalue weighted by atomic mass is 10.0. The Morgan fingerprint density at radius 1 is 1.47 bits per heavy atom. The maximum Gasteiger partial charge on any atom is 0.251 e. The van der Waals surface area contributed by atoms with Crippen molar-refractivity contribution in [1.29, 1.82) is 0 Å². The lowest BCUT2D eigenvalue weighted by Gasteiger charge is -2.23. The van der Waals surface area contributed by atoms with Crippen LogP contribution in [0.5, 0.6) is 0 Å². The van der Waals surface area contributed by atoms with Gasteiger partial charge in [-0.3, -0.25) is 4.79 Å². The van der Waals surface area contributed by atoms with Gasteiger partial charge in [0, 0.05) is 17.5 Å². The first-order chi connectivity index (χ1) is 8.13. The summed E-state index contributed by atoms with van der Waals surface area (Å²) in [5.74, 6) is -0.0286. The van der Waals surface area contributed by atoms with Crippen LogP contribution in [0.3, 0.4) is 0 Å². The number of benzene rings is 1. The van der Waals surface area contributed by atoms with Crippen molar-refractivity contribution in [3.63, 3.8) is 0 Å². The molecule has 4 heteroatoms. The zero-order valence-corrected chi connectivity index (χ0v) is 11.4. The molecule has 1 unspecified atom stereocenters. The van der Waals surface area contributed by atoms with E-state index in [1.165, 1.54) is 0 Å². The summed E-state index contributed by atoms with van der Waals surface area (Å²) >= 11 is 3.38. The van der Waals surface area contributed by atoms with E-state index in [-0.39, 0.29) is 11.4 Å². The second kappa shape index (κ2) is 5.19. The number of hydrogen-bond donors (Lipinski definition) is 1. The molecule has 1 heterocycles. The van der Waals surface area contributed by atoms with E-state index >= 15 is 0 Å². The standard InChI is InChI=1S/C13H16BrNO2/c1-13(6-7-17-9-13)15-12(16)11-4-2-10(8-14)3-5-11/h2-5H,6-9H2,1H3,(H,15,16). The lowest BCUT2D eigenvalue weighted by molar-refractivity contribution is 0.0890. The van der Waals surface area contributed by atoms with E-state index in [1.807, 2.05) is 31.2 Å². The van der Waals surface area contributed by atoms with E-state index < -0.39 is 0 Å². The zero-order chi connectivity index (χ0) is 12.3. The number of amides is 1. The molecule has 0 radical (unpaired) electrons. The molecule has 1 aromatic carbocycles. The van der Waals surface area contributed by atoms with Gasteiger partial charge >= 0.3 is 0 Å². The van der Waals surface area contributed by atoms with Crippen LogP contribution in [0.1, 0.15) is 29.3 Å². The van der Waals surface area contributed by atoms with Crippen molar-refractivity contribution in [1.82, 2.24) is 5.32 Å². The average Bonchev–Trinajstić information content (AvgIpc) is 2.76. The highest BCUT2D eigenvalue weighted by Gasteiger charge is 2.31. The van der Waals surface area contributed by atoms with Crippen LogP contribution in [0.15, 0.2) is 24.3 Å². The SMILES string of the molecule is CC1(NC(=O)c2ccc(CBr)cc2)CCOC1. The van der Waals surface area contributed by atoms with Crippen LogP contribution < -0.4 is 5.32 Å². The van der Waals surface area contributed by atoms with E-state index in [1.54, 1.807) is 0 Å². The van der Waals surface area contributed by atoms with E-state index in [9.17, 15) is 4.79 Å². The number of hydrogen-bond acceptors (Lipinski definition) is 2. The van der Waals surface area contributed by atoms with E-state index in [0.29, 0.717) is 12.2 Å². The number of carbonyl (C=O) groups is 1. The second-order valence-corrected chi connectivity index (χ2v) is 5.21. The summed E-state index contributed by atoms with van der Waals surface area (Å²) in [6.07, 6.45) is 0.873. The highest BCUT2D eigenvalue weighted by molar-refractivity contribution is 9.08. The Kier molecular flexibility index (Phi) is 3.84. The molecule has 2 rings (SSSR count). The quantitative estimate of drug-likeness (QED) is 0.871. The summed E-state index contributed by atoms with van der Waals surface area (Å²) in [6, 6.07) is 7.62. The summed E-state index contributed by atoms with van der Waals surface area (Å²) in [7, 11) is 0. The normalized spacial score (nSPS) is 23.6. The lowest BCUT2D eigenvalue weighted by Crippen LogP contribution is -2.46. The van der Waals surface area contributed by atoms with Gasteiger partial charge in [0.15, 0.2) is 0 Å². The smallest absolute Gasteiger partial charge is 0.251 e. The number of nitrogens with one attached hydrogen (secondary N) is 1. The molecule has 1 fully saturated rings. The molecule has 0 bridgehead atoms. The molecule has 1 aliphatic heterocycles. The predicted molar refractivity (Wildman–Crippen MR) is 70.4 cm³/mol. The molecule has 0 saturated carbocycles. The monoisotopic (exact) mass is 297 g/mol. The predicted octanol–water partition coefficient (Wildman–Crippen LogP) is 2.49. The fourth-order valence-corrected chi connectivity index (χ4v) is 2.23. The first kappa shape index (κ1) is 12.6. The minimum Gasteiger partial charge on any atom is -0.379 e. The van der Waals surface area contributed by atoms with Crippen molar-refractivity contribution in [2.24, 2.45) is 0 Å². The fraction of sp³-hybridized carbons (Fsp3) is 0.462. The molecule has 0 aliphatic carbocycles. The summed E-state index contributed by atoms with van der Waals surface area (Å²) in [5.41, 5.74) is 1.64. The molecule has 1 N–H and O–H groups in total. The summed E-state index contributed by atoms with van der Waals surface area (Å²) in [4.78, 5) is 12.0.